The van der Waals surface area contributed by atoms with E-state index in [-0.39, 0.29) is 5.82 Å². The molecule has 0 unspecified atom stereocenters. The van der Waals surface area contributed by atoms with E-state index >= 15 is 0 Å². The second-order valence-electron chi connectivity index (χ2n) is 3.81. The molecule has 1 aromatic heterocycles. The molecule has 0 radical (unpaired) electrons. The van der Waals surface area contributed by atoms with Crippen LogP contribution in [-0.4, -0.2) is 9.55 Å². The molecule has 0 aliphatic rings. The van der Waals surface area contributed by atoms with E-state index in [1.54, 1.807) is 12.1 Å². The topological polar surface area (TPSA) is 27.1 Å². The molecule has 0 aliphatic carbocycles. The second kappa shape index (κ2) is 4.99. The van der Waals surface area contributed by atoms with E-state index in [4.69, 9.17) is 4.74 Å². The molecule has 0 atom stereocenters. The maximum atomic E-state index is 12.7. The molecular formula is C13H15FN2O. The van der Waals surface area contributed by atoms with Crippen molar-refractivity contribution in [2.45, 2.75) is 27.0 Å². The first-order valence-electron chi connectivity index (χ1n) is 5.60. The first-order chi connectivity index (χ1) is 8.19. The first kappa shape index (κ1) is 11.6. The molecule has 2 aromatic rings. The highest BCUT2D eigenvalue weighted by Crippen LogP contribution is 2.13. The van der Waals surface area contributed by atoms with Gasteiger partial charge in [-0.3, -0.25) is 0 Å². The molecule has 0 fully saturated rings. The normalized spacial score (nSPS) is 10.5. The molecule has 90 valence electrons. The quantitative estimate of drug-likeness (QED) is 0.813. The number of halogens is 1. The summed E-state index contributed by atoms with van der Waals surface area (Å²) in [7, 11) is 0. The average Bonchev–Trinajstić information content (AvgIpc) is 2.69. The molecule has 0 N–H and O–H groups in total. The van der Waals surface area contributed by atoms with Crippen LogP contribution in [0.5, 0.6) is 5.75 Å². The number of imidazole rings is 1. The fourth-order valence-electron chi connectivity index (χ4n) is 1.65. The maximum Gasteiger partial charge on any atom is 0.132 e. The Hall–Kier alpha value is -1.84. The van der Waals surface area contributed by atoms with Crippen LogP contribution in [0.2, 0.25) is 0 Å². The van der Waals surface area contributed by atoms with E-state index in [9.17, 15) is 4.39 Å². The molecule has 0 saturated carbocycles. The summed E-state index contributed by atoms with van der Waals surface area (Å²) in [4.78, 5) is 4.38. The summed E-state index contributed by atoms with van der Waals surface area (Å²) in [5.41, 5.74) is 0.883. The zero-order chi connectivity index (χ0) is 12.3. The number of nitrogens with zero attached hydrogens (tertiary/aromatic N) is 2. The Morgan fingerprint density at radius 2 is 2.00 bits per heavy atom. The molecule has 0 saturated heterocycles. The highest BCUT2D eigenvalue weighted by Gasteiger charge is 2.03. The summed E-state index contributed by atoms with van der Waals surface area (Å²) in [6, 6.07) is 5.98. The van der Waals surface area contributed by atoms with Gasteiger partial charge in [0.25, 0.3) is 0 Å². The van der Waals surface area contributed by atoms with Crippen LogP contribution in [0.4, 0.5) is 4.39 Å². The number of ether oxygens (including phenoxy) is 1. The number of benzene rings is 1. The number of aromatic nitrogens is 2. The van der Waals surface area contributed by atoms with Crippen LogP contribution >= 0.6 is 0 Å². The molecule has 1 aromatic carbocycles. The molecule has 2 rings (SSSR count). The van der Waals surface area contributed by atoms with Crippen molar-refractivity contribution in [1.29, 1.82) is 0 Å². The Morgan fingerprint density at radius 3 is 2.59 bits per heavy atom. The van der Waals surface area contributed by atoms with Crippen LogP contribution in [0.3, 0.4) is 0 Å². The van der Waals surface area contributed by atoms with Gasteiger partial charge in [0.2, 0.25) is 0 Å². The van der Waals surface area contributed by atoms with Crippen molar-refractivity contribution >= 4 is 0 Å². The van der Waals surface area contributed by atoms with Gasteiger partial charge in [0.05, 0.1) is 5.69 Å². The highest BCUT2D eigenvalue weighted by atomic mass is 19.1. The predicted molar refractivity (Wildman–Crippen MR) is 63.4 cm³/mol. The van der Waals surface area contributed by atoms with Gasteiger partial charge < -0.3 is 9.30 Å². The number of aryl methyl sites for hydroxylation is 2. The van der Waals surface area contributed by atoms with Crippen LogP contribution in [0.1, 0.15) is 18.4 Å². The fraction of sp³-hybridized carbons (Fsp3) is 0.308. The summed E-state index contributed by atoms with van der Waals surface area (Å²) in [6.07, 6.45) is 1.97. The molecule has 1 heterocycles. The Morgan fingerprint density at radius 1 is 1.29 bits per heavy atom. The van der Waals surface area contributed by atoms with E-state index in [2.05, 4.69) is 16.5 Å². The van der Waals surface area contributed by atoms with Gasteiger partial charge in [-0.05, 0) is 38.1 Å². The Kier molecular flexibility index (Phi) is 3.42. The average molecular weight is 234 g/mol. The van der Waals surface area contributed by atoms with Crippen LogP contribution < -0.4 is 4.74 Å². The number of hydrogen-bond acceptors (Lipinski definition) is 2. The van der Waals surface area contributed by atoms with Crippen molar-refractivity contribution in [3.05, 3.63) is 47.8 Å². The largest absolute Gasteiger partial charge is 0.487 e. The molecular weight excluding hydrogens is 219 g/mol. The third-order valence-electron chi connectivity index (χ3n) is 2.57. The van der Waals surface area contributed by atoms with Crippen LogP contribution in [-0.2, 0) is 13.2 Å². The zero-order valence-electron chi connectivity index (χ0n) is 9.98. The fourth-order valence-corrected chi connectivity index (χ4v) is 1.65. The van der Waals surface area contributed by atoms with E-state index in [1.807, 2.05) is 13.1 Å². The second-order valence-corrected chi connectivity index (χ2v) is 3.81. The van der Waals surface area contributed by atoms with Gasteiger partial charge >= 0.3 is 0 Å². The van der Waals surface area contributed by atoms with Gasteiger partial charge in [0.15, 0.2) is 0 Å². The minimum atomic E-state index is -0.261. The first-order valence-corrected chi connectivity index (χ1v) is 5.60. The summed E-state index contributed by atoms with van der Waals surface area (Å²) < 4.78 is 20.3. The SMILES string of the molecule is CCn1cc(COc2ccc(F)cc2)nc1C. The predicted octanol–water partition coefficient (Wildman–Crippen LogP) is 2.93. The van der Waals surface area contributed by atoms with Crippen LogP contribution in [0.25, 0.3) is 0 Å². The molecule has 0 aliphatic heterocycles. The van der Waals surface area contributed by atoms with Gasteiger partial charge in [-0.2, -0.15) is 0 Å². The summed E-state index contributed by atoms with van der Waals surface area (Å²) in [5.74, 6) is 1.36. The highest BCUT2D eigenvalue weighted by molar-refractivity contribution is 5.22. The molecule has 3 nitrogen and oxygen atoms in total. The van der Waals surface area contributed by atoms with Crippen molar-refractivity contribution < 1.29 is 9.13 Å². The molecule has 0 bridgehead atoms. The Balaban J connectivity index is 1.99. The van der Waals surface area contributed by atoms with Gasteiger partial charge in [0, 0.05) is 12.7 Å². The number of hydrogen-bond donors (Lipinski definition) is 0. The van der Waals surface area contributed by atoms with Gasteiger partial charge in [-0.1, -0.05) is 0 Å². The molecule has 0 amide bonds. The van der Waals surface area contributed by atoms with Crippen molar-refractivity contribution in [3.63, 3.8) is 0 Å². The lowest BCUT2D eigenvalue weighted by Crippen LogP contribution is -1.95. The number of rotatable bonds is 4. The maximum absolute atomic E-state index is 12.7. The Bertz CT molecular complexity index is 491. The van der Waals surface area contributed by atoms with Crippen LogP contribution in [0.15, 0.2) is 30.5 Å². The van der Waals surface area contributed by atoms with Crippen molar-refractivity contribution in [3.8, 4) is 5.75 Å². The minimum absolute atomic E-state index is 0.261. The summed E-state index contributed by atoms with van der Waals surface area (Å²) >= 11 is 0. The molecule has 4 heteroatoms. The lowest BCUT2D eigenvalue weighted by atomic mass is 10.3. The van der Waals surface area contributed by atoms with E-state index in [1.165, 1.54) is 12.1 Å². The van der Waals surface area contributed by atoms with Crippen molar-refractivity contribution in [1.82, 2.24) is 9.55 Å². The van der Waals surface area contributed by atoms with E-state index in [0.717, 1.165) is 18.1 Å². The van der Waals surface area contributed by atoms with Gasteiger partial charge in [0.1, 0.15) is 24.0 Å². The van der Waals surface area contributed by atoms with E-state index in [0.29, 0.717) is 12.4 Å². The van der Waals surface area contributed by atoms with Gasteiger partial charge in [-0.25, -0.2) is 9.37 Å². The third-order valence-corrected chi connectivity index (χ3v) is 2.57. The molecule has 0 spiro atoms. The van der Waals surface area contributed by atoms with E-state index < -0.39 is 0 Å². The van der Waals surface area contributed by atoms with Crippen molar-refractivity contribution in [2.24, 2.45) is 0 Å². The van der Waals surface area contributed by atoms with Gasteiger partial charge in [-0.15, -0.1) is 0 Å². The standard InChI is InChI=1S/C13H15FN2O/c1-3-16-8-12(15-10(16)2)9-17-13-6-4-11(14)5-7-13/h4-8H,3,9H2,1-2H3. The van der Waals surface area contributed by atoms with Crippen molar-refractivity contribution in [2.75, 3.05) is 0 Å². The monoisotopic (exact) mass is 234 g/mol. The lowest BCUT2D eigenvalue weighted by molar-refractivity contribution is 0.301. The zero-order valence-corrected chi connectivity index (χ0v) is 9.98. The van der Waals surface area contributed by atoms with Crippen LogP contribution in [0, 0.1) is 12.7 Å². The lowest BCUT2D eigenvalue weighted by Gasteiger charge is -2.03. The smallest absolute Gasteiger partial charge is 0.132 e. The summed E-state index contributed by atoms with van der Waals surface area (Å²) in [5, 5.41) is 0. The summed E-state index contributed by atoms with van der Waals surface area (Å²) in [6.45, 7) is 5.33. The third kappa shape index (κ3) is 2.84. The minimum Gasteiger partial charge on any atom is -0.487 e. The Labute approximate surface area is 99.9 Å². The molecule has 17 heavy (non-hydrogen) atoms.